The fourth-order valence-corrected chi connectivity index (χ4v) is 2.12. The van der Waals surface area contributed by atoms with Crippen molar-refractivity contribution in [3.8, 4) is 0 Å². The van der Waals surface area contributed by atoms with Crippen molar-refractivity contribution in [1.82, 2.24) is 10.2 Å². The summed E-state index contributed by atoms with van der Waals surface area (Å²) in [6.45, 7) is 0.687. The second-order valence-corrected chi connectivity index (χ2v) is 5.25. The van der Waals surface area contributed by atoms with Gasteiger partial charge in [0.1, 0.15) is 5.82 Å². The number of carbonyl (C=O) groups is 2. The Labute approximate surface area is 134 Å². The number of carbonyl (C=O) groups excluding carboxylic acids is 2. The van der Waals surface area contributed by atoms with Gasteiger partial charge in [0.25, 0.3) is 5.91 Å². The van der Waals surface area contributed by atoms with Gasteiger partial charge in [-0.2, -0.15) is 0 Å². The third-order valence-electron chi connectivity index (χ3n) is 3.42. The molecule has 0 aliphatic rings. The lowest BCUT2D eigenvalue weighted by Gasteiger charge is -2.17. The van der Waals surface area contributed by atoms with Crippen LogP contribution in [0.2, 0.25) is 0 Å². The number of hydrogen-bond donors (Lipinski definition) is 1. The molecule has 23 heavy (non-hydrogen) atoms. The van der Waals surface area contributed by atoms with E-state index in [4.69, 9.17) is 0 Å². The van der Waals surface area contributed by atoms with Gasteiger partial charge in [-0.25, -0.2) is 4.39 Å². The van der Waals surface area contributed by atoms with Crippen LogP contribution in [0.5, 0.6) is 0 Å². The lowest BCUT2D eigenvalue weighted by atomic mass is 10.2. The Bertz CT molecular complexity index is 656. The van der Waals surface area contributed by atoms with E-state index in [9.17, 15) is 14.0 Å². The molecule has 120 valence electrons. The summed E-state index contributed by atoms with van der Waals surface area (Å²) in [5.74, 6) is -0.575. The van der Waals surface area contributed by atoms with Crippen molar-refractivity contribution in [2.75, 3.05) is 13.6 Å². The van der Waals surface area contributed by atoms with Gasteiger partial charge in [0, 0.05) is 32.1 Å². The summed E-state index contributed by atoms with van der Waals surface area (Å²) < 4.78 is 12.8. The van der Waals surface area contributed by atoms with Crippen LogP contribution in [0.1, 0.15) is 22.3 Å². The van der Waals surface area contributed by atoms with E-state index >= 15 is 0 Å². The molecule has 5 heteroatoms. The first-order valence-corrected chi connectivity index (χ1v) is 7.38. The second kappa shape index (κ2) is 8.08. The normalized spacial score (nSPS) is 10.2. The zero-order valence-corrected chi connectivity index (χ0v) is 13.0. The van der Waals surface area contributed by atoms with E-state index in [1.165, 1.54) is 12.1 Å². The number of benzene rings is 2. The van der Waals surface area contributed by atoms with Crippen LogP contribution in [-0.2, 0) is 11.3 Å². The Balaban J connectivity index is 1.76. The maximum atomic E-state index is 12.8. The molecule has 0 fully saturated rings. The minimum atomic E-state index is -0.300. The number of halogens is 1. The van der Waals surface area contributed by atoms with Crippen LogP contribution in [0.25, 0.3) is 0 Å². The molecule has 0 radical (unpaired) electrons. The van der Waals surface area contributed by atoms with E-state index in [0.717, 1.165) is 5.56 Å². The molecule has 4 nitrogen and oxygen atoms in total. The van der Waals surface area contributed by atoms with Crippen molar-refractivity contribution in [3.63, 3.8) is 0 Å². The van der Waals surface area contributed by atoms with E-state index in [-0.39, 0.29) is 30.6 Å². The van der Waals surface area contributed by atoms with E-state index in [0.29, 0.717) is 12.1 Å². The van der Waals surface area contributed by atoms with Crippen molar-refractivity contribution in [2.45, 2.75) is 13.0 Å². The molecule has 0 atom stereocenters. The van der Waals surface area contributed by atoms with Gasteiger partial charge in [-0.05, 0) is 29.8 Å². The molecule has 2 rings (SSSR count). The molecule has 2 aromatic rings. The van der Waals surface area contributed by atoms with Crippen molar-refractivity contribution in [1.29, 1.82) is 0 Å². The highest BCUT2D eigenvalue weighted by Gasteiger charge is 2.10. The van der Waals surface area contributed by atoms with E-state index in [1.807, 2.05) is 6.07 Å². The number of rotatable bonds is 6. The quantitative estimate of drug-likeness (QED) is 0.891. The fourth-order valence-electron chi connectivity index (χ4n) is 2.12. The van der Waals surface area contributed by atoms with E-state index in [1.54, 1.807) is 48.3 Å². The van der Waals surface area contributed by atoms with Crippen LogP contribution < -0.4 is 5.32 Å². The molecule has 0 unspecified atom stereocenters. The number of hydrogen-bond acceptors (Lipinski definition) is 2. The van der Waals surface area contributed by atoms with Crippen LogP contribution in [0.4, 0.5) is 4.39 Å². The Morgan fingerprint density at radius 2 is 1.70 bits per heavy atom. The molecular formula is C18H19FN2O2. The molecule has 2 aromatic carbocycles. The Hall–Kier alpha value is -2.69. The van der Waals surface area contributed by atoms with Gasteiger partial charge in [0.05, 0.1) is 0 Å². The van der Waals surface area contributed by atoms with E-state index < -0.39 is 0 Å². The third-order valence-corrected chi connectivity index (χ3v) is 3.42. The summed E-state index contributed by atoms with van der Waals surface area (Å²) >= 11 is 0. The lowest BCUT2D eigenvalue weighted by Crippen LogP contribution is -2.31. The summed E-state index contributed by atoms with van der Waals surface area (Å²) in [6.07, 6.45) is 0.219. The van der Waals surface area contributed by atoms with Crippen LogP contribution in [-0.4, -0.2) is 30.3 Å². The zero-order chi connectivity index (χ0) is 16.7. The maximum Gasteiger partial charge on any atom is 0.251 e. The molecule has 0 aliphatic carbocycles. The molecule has 2 amide bonds. The monoisotopic (exact) mass is 314 g/mol. The zero-order valence-electron chi connectivity index (χ0n) is 13.0. The molecule has 0 aromatic heterocycles. The predicted molar refractivity (Wildman–Crippen MR) is 86.3 cm³/mol. The highest BCUT2D eigenvalue weighted by molar-refractivity contribution is 5.94. The molecule has 0 heterocycles. The lowest BCUT2D eigenvalue weighted by molar-refractivity contribution is -0.130. The number of nitrogens with zero attached hydrogens (tertiary/aromatic N) is 1. The van der Waals surface area contributed by atoms with Crippen molar-refractivity contribution in [2.24, 2.45) is 0 Å². The van der Waals surface area contributed by atoms with Gasteiger partial charge < -0.3 is 10.2 Å². The predicted octanol–water partition coefficient (Wildman–Crippen LogP) is 2.60. The molecular weight excluding hydrogens is 295 g/mol. The molecule has 0 saturated carbocycles. The van der Waals surface area contributed by atoms with Gasteiger partial charge in [0.2, 0.25) is 5.91 Å². The Kier molecular flexibility index (Phi) is 5.86. The summed E-state index contributed by atoms with van der Waals surface area (Å²) in [6, 6.07) is 14.9. The molecule has 0 bridgehead atoms. The van der Waals surface area contributed by atoms with Gasteiger partial charge in [-0.3, -0.25) is 9.59 Å². The highest BCUT2D eigenvalue weighted by atomic mass is 19.1. The van der Waals surface area contributed by atoms with Gasteiger partial charge in [-0.1, -0.05) is 30.3 Å². The minimum Gasteiger partial charge on any atom is -0.352 e. The molecule has 1 N–H and O–H groups in total. The second-order valence-electron chi connectivity index (χ2n) is 5.25. The average Bonchev–Trinajstić information content (AvgIpc) is 2.57. The SMILES string of the molecule is CN(Cc1ccc(F)cc1)C(=O)CCNC(=O)c1ccccc1. The molecule has 0 aliphatic heterocycles. The summed E-state index contributed by atoms with van der Waals surface area (Å²) in [4.78, 5) is 25.4. The number of nitrogens with one attached hydrogen (secondary N) is 1. The standard InChI is InChI=1S/C18H19FN2O2/c1-21(13-14-7-9-16(19)10-8-14)17(22)11-12-20-18(23)15-5-3-2-4-6-15/h2-10H,11-13H2,1H3,(H,20,23). The number of amides is 2. The largest absolute Gasteiger partial charge is 0.352 e. The van der Waals surface area contributed by atoms with Crippen LogP contribution >= 0.6 is 0 Å². The van der Waals surface area contributed by atoms with Crippen molar-refractivity contribution < 1.29 is 14.0 Å². The summed E-state index contributed by atoms with van der Waals surface area (Å²) in [7, 11) is 1.69. The summed E-state index contributed by atoms with van der Waals surface area (Å²) in [5, 5.41) is 2.72. The first-order valence-electron chi connectivity index (χ1n) is 7.38. The first-order chi connectivity index (χ1) is 11.1. The van der Waals surface area contributed by atoms with Crippen LogP contribution in [0.15, 0.2) is 54.6 Å². The fraction of sp³-hybridized carbons (Fsp3) is 0.222. The van der Waals surface area contributed by atoms with Crippen molar-refractivity contribution in [3.05, 3.63) is 71.5 Å². The van der Waals surface area contributed by atoms with Gasteiger partial charge in [-0.15, -0.1) is 0 Å². The van der Waals surface area contributed by atoms with Crippen LogP contribution in [0.3, 0.4) is 0 Å². The van der Waals surface area contributed by atoms with Crippen LogP contribution in [0, 0.1) is 5.82 Å². The van der Waals surface area contributed by atoms with Crippen molar-refractivity contribution >= 4 is 11.8 Å². The average molecular weight is 314 g/mol. The van der Waals surface area contributed by atoms with E-state index in [2.05, 4.69) is 5.32 Å². The topological polar surface area (TPSA) is 49.4 Å². The smallest absolute Gasteiger partial charge is 0.251 e. The van der Waals surface area contributed by atoms with Gasteiger partial charge >= 0.3 is 0 Å². The van der Waals surface area contributed by atoms with Gasteiger partial charge in [0.15, 0.2) is 0 Å². The molecule has 0 saturated heterocycles. The first kappa shape index (κ1) is 16.7. The Morgan fingerprint density at radius 3 is 2.35 bits per heavy atom. The third kappa shape index (κ3) is 5.21. The Morgan fingerprint density at radius 1 is 1.04 bits per heavy atom. The minimum absolute atomic E-state index is 0.0808. The molecule has 0 spiro atoms. The summed E-state index contributed by atoms with van der Waals surface area (Å²) in [5.41, 5.74) is 1.43. The maximum absolute atomic E-state index is 12.8. The highest BCUT2D eigenvalue weighted by Crippen LogP contribution is 2.06.